The van der Waals surface area contributed by atoms with Gasteiger partial charge < -0.3 is 18.8 Å². The number of ether oxygens (including phenoxy) is 3. The number of methoxy groups -OCH3 is 2. The molecule has 3 aromatic heterocycles. The zero-order valence-electron chi connectivity index (χ0n) is 19.6. The van der Waals surface area contributed by atoms with E-state index in [1.165, 1.54) is 29.3 Å². The van der Waals surface area contributed by atoms with Gasteiger partial charge in [0.2, 0.25) is 0 Å². The number of pyridine rings is 2. The van der Waals surface area contributed by atoms with Crippen molar-refractivity contribution in [1.29, 1.82) is 0 Å². The summed E-state index contributed by atoms with van der Waals surface area (Å²) in [7, 11) is 3.02. The summed E-state index contributed by atoms with van der Waals surface area (Å²) in [6.45, 7) is 2.17. The number of nitrogens with zero attached hydrogens (tertiary/aromatic N) is 4. The Kier molecular flexibility index (Phi) is 7.02. The zero-order valence-corrected chi connectivity index (χ0v) is 19.6. The number of amides is 1. The van der Waals surface area contributed by atoms with Gasteiger partial charge in [-0.25, -0.2) is 9.78 Å². The molecule has 180 valence electrons. The van der Waals surface area contributed by atoms with Crippen LogP contribution in [0.3, 0.4) is 0 Å². The number of benzene rings is 1. The Labute approximate surface area is 200 Å². The molecule has 0 radical (unpaired) electrons. The van der Waals surface area contributed by atoms with E-state index in [2.05, 4.69) is 9.98 Å². The Morgan fingerprint density at radius 2 is 1.91 bits per heavy atom. The third-order valence-corrected chi connectivity index (χ3v) is 5.33. The van der Waals surface area contributed by atoms with Gasteiger partial charge in [-0.05, 0) is 43.3 Å². The fraction of sp³-hybridized carbons (Fsp3) is 0.240. The van der Waals surface area contributed by atoms with E-state index in [0.717, 1.165) is 0 Å². The van der Waals surface area contributed by atoms with E-state index in [9.17, 15) is 14.4 Å². The van der Waals surface area contributed by atoms with Crippen LogP contribution in [0.2, 0.25) is 0 Å². The highest BCUT2D eigenvalue weighted by Gasteiger charge is 2.20. The number of aromatic nitrogens is 3. The Morgan fingerprint density at radius 1 is 1.09 bits per heavy atom. The highest BCUT2D eigenvalue weighted by molar-refractivity contribution is 5.97. The van der Waals surface area contributed by atoms with E-state index < -0.39 is 11.9 Å². The lowest BCUT2D eigenvalue weighted by Crippen LogP contribution is -2.33. The van der Waals surface area contributed by atoms with E-state index in [0.29, 0.717) is 11.4 Å². The van der Waals surface area contributed by atoms with E-state index in [1.807, 2.05) is 0 Å². The Morgan fingerprint density at radius 3 is 2.66 bits per heavy atom. The molecule has 0 unspecified atom stereocenters. The highest BCUT2D eigenvalue weighted by Crippen LogP contribution is 2.15. The molecule has 0 N–H and O–H groups in total. The van der Waals surface area contributed by atoms with Crippen molar-refractivity contribution < 1.29 is 23.8 Å². The third-order valence-electron chi connectivity index (χ3n) is 5.33. The molecule has 10 nitrogen and oxygen atoms in total. The molecule has 0 spiro atoms. The molecule has 35 heavy (non-hydrogen) atoms. The summed E-state index contributed by atoms with van der Waals surface area (Å²) >= 11 is 0. The molecule has 0 saturated heterocycles. The Bertz CT molecular complexity index is 1550. The molecule has 0 saturated carbocycles. The van der Waals surface area contributed by atoms with E-state index in [4.69, 9.17) is 14.2 Å². The maximum atomic E-state index is 13.3. The van der Waals surface area contributed by atoms with Crippen molar-refractivity contribution in [2.75, 3.05) is 27.4 Å². The SMILES string of the molecule is CCOC(=O)c1cc2c(=O)n3ccccc3nc2n(CCOC)c1=NC(=O)c1cccc(OC)c1. The molecule has 3 heterocycles. The fourth-order valence-electron chi connectivity index (χ4n) is 3.67. The fourth-order valence-corrected chi connectivity index (χ4v) is 3.67. The lowest BCUT2D eigenvalue weighted by Gasteiger charge is -2.15. The minimum atomic E-state index is -0.713. The van der Waals surface area contributed by atoms with Crippen molar-refractivity contribution in [1.82, 2.24) is 14.0 Å². The normalized spacial score (nSPS) is 11.7. The average Bonchev–Trinajstić information content (AvgIpc) is 2.88. The topological polar surface area (TPSA) is 113 Å². The number of esters is 1. The van der Waals surface area contributed by atoms with Gasteiger partial charge in [0, 0.05) is 25.4 Å². The summed E-state index contributed by atoms with van der Waals surface area (Å²) in [4.78, 5) is 48.3. The first-order valence-corrected chi connectivity index (χ1v) is 10.9. The number of carbonyl (C=O) groups is 2. The Balaban J connectivity index is 2.09. The predicted molar refractivity (Wildman–Crippen MR) is 128 cm³/mol. The number of fused-ring (bicyclic) bond motifs is 2. The smallest absolute Gasteiger partial charge is 0.341 e. The van der Waals surface area contributed by atoms with Gasteiger partial charge in [0.25, 0.3) is 11.5 Å². The molecule has 0 fully saturated rings. The van der Waals surface area contributed by atoms with Gasteiger partial charge in [0.15, 0.2) is 5.49 Å². The van der Waals surface area contributed by atoms with Gasteiger partial charge in [-0.1, -0.05) is 12.1 Å². The molecule has 0 aliphatic heterocycles. The molecule has 4 aromatic rings. The molecule has 0 bridgehead atoms. The minimum absolute atomic E-state index is 0.0213. The molecule has 0 aliphatic carbocycles. The van der Waals surface area contributed by atoms with Crippen molar-refractivity contribution >= 4 is 28.6 Å². The molecule has 1 aromatic carbocycles. The number of rotatable bonds is 7. The average molecular weight is 476 g/mol. The maximum Gasteiger partial charge on any atom is 0.341 e. The van der Waals surface area contributed by atoms with Crippen LogP contribution >= 0.6 is 0 Å². The van der Waals surface area contributed by atoms with Gasteiger partial charge in [0.05, 0.1) is 25.7 Å². The summed E-state index contributed by atoms with van der Waals surface area (Å²) in [6, 6.07) is 13.1. The molecular weight excluding hydrogens is 452 g/mol. The van der Waals surface area contributed by atoms with Crippen LogP contribution in [0.4, 0.5) is 0 Å². The largest absolute Gasteiger partial charge is 0.497 e. The summed E-state index contributed by atoms with van der Waals surface area (Å²) < 4.78 is 18.6. The first-order valence-electron chi connectivity index (χ1n) is 10.9. The number of hydrogen-bond donors (Lipinski definition) is 0. The third kappa shape index (κ3) is 4.69. The second kappa shape index (κ2) is 10.3. The standard InChI is InChI=1S/C25H24N4O6/c1-4-35-25(32)19-15-18-21(26-20-10-5-6-11-28(20)24(18)31)29(12-13-33-2)22(19)27-23(30)16-8-7-9-17(14-16)34-3/h5-11,14-15H,4,12-13H2,1-3H3. The Hall–Kier alpha value is -4.31. The predicted octanol–water partition coefficient (Wildman–Crippen LogP) is 2.22. The monoisotopic (exact) mass is 476 g/mol. The lowest BCUT2D eigenvalue weighted by atomic mass is 10.2. The lowest BCUT2D eigenvalue weighted by molar-refractivity contribution is 0.0523. The van der Waals surface area contributed by atoms with E-state index in [-0.39, 0.29) is 53.0 Å². The van der Waals surface area contributed by atoms with Gasteiger partial charge in [-0.15, -0.1) is 0 Å². The molecule has 0 aliphatic rings. The number of carbonyl (C=O) groups excluding carboxylic acids is 2. The van der Waals surface area contributed by atoms with Crippen LogP contribution in [0.25, 0.3) is 16.7 Å². The van der Waals surface area contributed by atoms with Crippen molar-refractivity contribution in [3.63, 3.8) is 0 Å². The molecular formula is C25H24N4O6. The first-order chi connectivity index (χ1) is 17.0. The van der Waals surface area contributed by atoms with Crippen LogP contribution in [-0.4, -0.2) is 53.3 Å². The van der Waals surface area contributed by atoms with Crippen molar-refractivity contribution in [3.8, 4) is 5.75 Å². The second-order valence-corrected chi connectivity index (χ2v) is 7.48. The van der Waals surface area contributed by atoms with Gasteiger partial charge in [-0.3, -0.25) is 14.0 Å². The summed E-state index contributed by atoms with van der Waals surface area (Å²) in [5.74, 6) is -0.823. The summed E-state index contributed by atoms with van der Waals surface area (Å²) in [5, 5.41) is 0.181. The van der Waals surface area contributed by atoms with Gasteiger partial charge in [0.1, 0.15) is 22.6 Å². The molecule has 0 atom stereocenters. The molecule has 4 rings (SSSR count). The minimum Gasteiger partial charge on any atom is -0.497 e. The van der Waals surface area contributed by atoms with Gasteiger partial charge >= 0.3 is 5.97 Å². The number of hydrogen-bond acceptors (Lipinski definition) is 7. The van der Waals surface area contributed by atoms with Crippen LogP contribution in [0.15, 0.2) is 64.5 Å². The van der Waals surface area contributed by atoms with Crippen LogP contribution < -0.4 is 15.8 Å². The second-order valence-electron chi connectivity index (χ2n) is 7.48. The van der Waals surface area contributed by atoms with E-state index in [1.54, 1.807) is 55.6 Å². The molecule has 1 amide bonds. The quantitative estimate of drug-likeness (QED) is 0.297. The summed E-state index contributed by atoms with van der Waals surface area (Å²) in [5.41, 5.74) is 0.570. The van der Waals surface area contributed by atoms with Crippen molar-refractivity contribution in [3.05, 3.63) is 81.7 Å². The van der Waals surface area contributed by atoms with Gasteiger partial charge in [-0.2, -0.15) is 4.99 Å². The van der Waals surface area contributed by atoms with E-state index >= 15 is 0 Å². The van der Waals surface area contributed by atoms with Crippen LogP contribution in [-0.2, 0) is 16.0 Å². The zero-order chi connectivity index (χ0) is 24.9. The van der Waals surface area contributed by atoms with Crippen LogP contribution in [0, 0.1) is 0 Å². The van der Waals surface area contributed by atoms with Crippen LogP contribution in [0.5, 0.6) is 5.75 Å². The summed E-state index contributed by atoms with van der Waals surface area (Å²) in [6.07, 6.45) is 1.60. The highest BCUT2D eigenvalue weighted by atomic mass is 16.5. The molecule has 10 heteroatoms. The van der Waals surface area contributed by atoms with Crippen molar-refractivity contribution in [2.24, 2.45) is 4.99 Å². The maximum absolute atomic E-state index is 13.3. The van der Waals surface area contributed by atoms with Crippen LogP contribution in [0.1, 0.15) is 27.6 Å². The first kappa shape index (κ1) is 23.8. The van der Waals surface area contributed by atoms with Crippen molar-refractivity contribution in [2.45, 2.75) is 13.5 Å².